The van der Waals surface area contributed by atoms with Crippen LogP contribution in [0.4, 0.5) is 5.69 Å². The number of aryl methyl sites for hydroxylation is 1. The van der Waals surface area contributed by atoms with E-state index in [1.165, 1.54) is 0 Å². The third-order valence-electron chi connectivity index (χ3n) is 5.53. The van der Waals surface area contributed by atoms with E-state index >= 15 is 0 Å². The minimum Gasteiger partial charge on any atom is -0.497 e. The second kappa shape index (κ2) is 9.12. The molecule has 0 spiro atoms. The molecule has 0 aliphatic carbocycles. The maximum absolute atomic E-state index is 12.7. The Kier molecular flexibility index (Phi) is 6.57. The van der Waals surface area contributed by atoms with Gasteiger partial charge in [-0.05, 0) is 48.1 Å². The lowest BCUT2D eigenvalue weighted by molar-refractivity contribution is -0.126. The average molecular weight is 395 g/mol. The van der Waals surface area contributed by atoms with E-state index in [2.05, 4.69) is 25.2 Å². The van der Waals surface area contributed by atoms with Crippen molar-refractivity contribution in [3.05, 3.63) is 59.2 Å². The Labute approximate surface area is 173 Å². The maximum atomic E-state index is 12.7. The van der Waals surface area contributed by atoms with Crippen LogP contribution in [0.5, 0.6) is 5.75 Å². The summed E-state index contributed by atoms with van der Waals surface area (Å²) in [6, 6.07) is 13.9. The van der Waals surface area contributed by atoms with Crippen LogP contribution in [0.1, 0.15) is 42.9 Å². The summed E-state index contributed by atoms with van der Waals surface area (Å²) in [6.45, 7) is 7.27. The Balaban J connectivity index is 1.60. The van der Waals surface area contributed by atoms with Gasteiger partial charge < -0.3 is 15.0 Å². The van der Waals surface area contributed by atoms with E-state index < -0.39 is 0 Å². The number of rotatable bonds is 7. The molecule has 154 valence electrons. The number of carbonyl (C=O) groups excluding carboxylic acids is 2. The first-order valence-electron chi connectivity index (χ1n) is 10.2. The molecule has 5 nitrogen and oxygen atoms in total. The fourth-order valence-corrected chi connectivity index (χ4v) is 3.88. The third kappa shape index (κ3) is 4.78. The van der Waals surface area contributed by atoms with Crippen LogP contribution in [0.2, 0.25) is 0 Å². The molecule has 5 heteroatoms. The topological polar surface area (TPSA) is 58.6 Å². The molecule has 0 bridgehead atoms. The van der Waals surface area contributed by atoms with Crippen molar-refractivity contribution in [2.45, 2.75) is 39.5 Å². The number of methoxy groups -OCH3 is 1. The van der Waals surface area contributed by atoms with Gasteiger partial charge in [0.2, 0.25) is 11.8 Å². The quantitative estimate of drug-likeness (QED) is 0.776. The number of hydrogen-bond acceptors (Lipinski definition) is 3. The lowest BCUT2D eigenvalue weighted by Gasteiger charge is -2.24. The summed E-state index contributed by atoms with van der Waals surface area (Å²) in [5.74, 6) is 0.804. The van der Waals surface area contributed by atoms with E-state index in [0.29, 0.717) is 19.0 Å². The highest BCUT2D eigenvalue weighted by Gasteiger charge is 2.36. The number of nitrogens with one attached hydrogen (secondary N) is 1. The lowest BCUT2D eigenvalue weighted by atomic mass is 9.97. The van der Waals surface area contributed by atoms with E-state index in [1.807, 2.05) is 43.3 Å². The van der Waals surface area contributed by atoms with Crippen LogP contribution in [-0.4, -0.2) is 32.0 Å². The van der Waals surface area contributed by atoms with Gasteiger partial charge in [-0.2, -0.15) is 0 Å². The molecule has 1 N–H and O–H groups in total. The summed E-state index contributed by atoms with van der Waals surface area (Å²) in [5, 5.41) is 3.00. The third-order valence-corrected chi connectivity index (χ3v) is 5.53. The van der Waals surface area contributed by atoms with Gasteiger partial charge in [0, 0.05) is 25.2 Å². The molecule has 1 aliphatic heterocycles. The molecule has 29 heavy (non-hydrogen) atoms. The summed E-state index contributed by atoms with van der Waals surface area (Å²) >= 11 is 0. The van der Waals surface area contributed by atoms with Gasteiger partial charge in [-0.25, -0.2) is 0 Å². The summed E-state index contributed by atoms with van der Waals surface area (Å²) < 4.78 is 5.16. The number of ether oxygens (including phenoxy) is 1. The van der Waals surface area contributed by atoms with E-state index in [1.54, 1.807) is 12.0 Å². The number of anilines is 1. The van der Waals surface area contributed by atoms with Crippen LogP contribution in [-0.2, 0) is 16.0 Å². The van der Waals surface area contributed by atoms with Crippen molar-refractivity contribution < 1.29 is 14.3 Å². The number of para-hydroxylation sites is 1. The summed E-state index contributed by atoms with van der Waals surface area (Å²) in [5.41, 5.74) is 4.33. The predicted octanol–water partition coefficient (Wildman–Crippen LogP) is 3.84. The van der Waals surface area contributed by atoms with Gasteiger partial charge in [0.15, 0.2) is 0 Å². The van der Waals surface area contributed by atoms with Crippen molar-refractivity contribution in [1.29, 1.82) is 0 Å². The van der Waals surface area contributed by atoms with Gasteiger partial charge >= 0.3 is 0 Å². The molecular weight excluding hydrogens is 364 g/mol. The van der Waals surface area contributed by atoms with E-state index in [4.69, 9.17) is 4.74 Å². The molecule has 1 atom stereocenters. The predicted molar refractivity (Wildman–Crippen MR) is 115 cm³/mol. The first-order chi connectivity index (χ1) is 13.9. The molecule has 1 saturated heterocycles. The molecule has 0 radical (unpaired) electrons. The zero-order valence-corrected chi connectivity index (χ0v) is 17.7. The van der Waals surface area contributed by atoms with Gasteiger partial charge in [0.1, 0.15) is 5.75 Å². The Morgan fingerprint density at radius 1 is 1.21 bits per heavy atom. The molecule has 1 fully saturated rings. The zero-order valence-electron chi connectivity index (χ0n) is 17.7. The van der Waals surface area contributed by atoms with E-state index in [9.17, 15) is 9.59 Å². The van der Waals surface area contributed by atoms with Crippen LogP contribution in [0.15, 0.2) is 42.5 Å². The van der Waals surface area contributed by atoms with Crippen molar-refractivity contribution in [3.63, 3.8) is 0 Å². The summed E-state index contributed by atoms with van der Waals surface area (Å²) in [4.78, 5) is 27.2. The minimum atomic E-state index is -0.307. The summed E-state index contributed by atoms with van der Waals surface area (Å²) in [6.07, 6.45) is 1.01. The van der Waals surface area contributed by atoms with Crippen molar-refractivity contribution >= 4 is 17.5 Å². The van der Waals surface area contributed by atoms with Crippen molar-refractivity contribution in [1.82, 2.24) is 5.32 Å². The molecule has 0 saturated carbocycles. The van der Waals surface area contributed by atoms with Crippen LogP contribution >= 0.6 is 0 Å². The minimum absolute atomic E-state index is 0.0245. The summed E-state index contributed by atoms with van der Waals surface area (Å²) in [7, 11) is 1.64. The lowest BCUT2D eigenvalue weighted by Crippen LogP contribution is -2.34. The standard InChI is InChI=1S/C24H30N2O3/c1-16(2)21-7-5-6-17(3)23(21)26-15-19(14-22(26)27)24(28)25-13-12-18-8-10-20(29-4)11-9-18/h5-11,16,19H,12-15H2,1-4H3,(H,25,28). The number of nitrogens with zero attached hydrogens (tertiary/aromatic N) is 1. The van der Waals surface area contributed by atoms with Gasteiger partial charge in [-0.3, -0.25) is 9.59 Å². The number of carbonyl (C=O) groups is 2. The van der Waals surface area contributed by atoms with Crippen LogP contribution in [0.25, 0.3) is 0 Å². The number of amides is 2. The normalized spacial score (nSPS) is 16.4. The van der Waals surface area contributed by atoms with Crippen molar-refractivity contribution in [3.8, 4) is 5.75 Å². The number of hydrogen-bond donors (Lipinski definition) is 1. The monoisotopic (exact) mass is 394 g/mol. The second-order valence-corrected chi connectivity index (χ2v) is 7.96. The fourth-order valence-electron chi connectivity index (χ4n) is 3.88. The van der Waals surface area contributed by atoms with E-state index in [-0.39, 0.29) is 24.2 Å². The van der Waals surface area contributed by atoms with Gasteiger partial charge in [-0.15, -0.1) is 0 Å². The molecule has 0 aromatic heterocycles. The molecule has 1 heterocycles. The van der Waals surface area contributed by atoms with Crippen molar-refractivity contribution in [2.24, 2.45) is 5.92 Å². The largest absolute Gasteiger partial charge is 0.497 e. The highest BCUT2D eigenvalue weighted by atomic mass is 16.5. The average Bonchev–Trinajstić information content (AvgIpc) is 3.09. The molecule has 2 amide bonds. The van der Waals surface area contributed by atoms with E-state index in [0.717, 1.165) is 34.5 Å². The molecule has 2 aromatic rings. The molecule has 1 aliphatic rings. The van der Waals surface area contributed by atoms with Crippen LogP contribution < -0.4 is 15.0 Å². The maximum Gasteiger partial charge on any atom is 0.227 e. The Bertz CT molecular complexity index is 874. The van der Waals surface area contributed by atoms with Crippen LogP contribution in [0.3, 0.4) is 0 Å². The zero-order chi connectivity index (χ0) is 21.0. The fraction of sp³-hybridized carbons (Fsp3) is 0.417. The first kappa shape index (κ1) is 20.9. The van der Waals surface area contributed by atoms with Gasteiger partial charge in [0.05, 0.1) is 13.0 Å². The van der Waals surface area contributed by atoms with Crippen LogP contribution in [0, 0.1) is 12.8 Å². The first-order valence-corrected chi connectivity index (χ1v) is 10.2. The highest BCUT2D eigenvalue weighted by Crippen LogP contribution is 2.34. The van der Waals surface area contributed by atoms with Gasteiger partial charge in [0.25, 0.3) is 0 Å². The second-order valence-electron chi connectivity index (χ2n) is 7.96. The smallest absolute Gasteiger partial charge is 0.227 e. The Morgan fingerprint density at radius 3 is 2.59 bits per heavy atom. The molecule has 2 aromatic carbocycles. The van der Waals surface area contributed by atoms with Gasteiger partial charge in [-0.1, -0.05) is 44.2 Å². The van der Waals surface area contributed by atoms with Crippen molar-refractivity contribution in [2.75, 3.05) is 25.1 Å². The SMILES string of the molecule is COc1ccc(CCNC(=O)C2CC(=O)N(c3c(C)cccc3C(C)C)C2)cc1. The number of benzene rings is 2. The molecular formula is C24H30N2O3. The molecule has 3 rings (SSSR count). The Morgan fingerprint density at radius 2 is 1.93 bits per heavy atom. The highest BCUT2D eigenvalue weighted by molar-refractivity contribution is 6.01. The molecule has 1 unspecified atom stereocenters. The Hall–Kier alpha value is -2.82.